The molecule has 0 aliphatic carbocycles. The summed E-state index contributed by atoms with van der Waals surface area (Å²) in [5.74, 6) is 0. The van der Waals surface area contributed by atoms with E-state index >= 15 is 0 Å². The highest BCUT2D eigenvalue weighted by Gasteiger charge is 2.48. The fourth-order valence-electron chi connectivity index (χ4n) is 5.41. The summed E-state index contributed by atoms with van der Waals surface area (Å²) in [4.78, 5) is 28.1. The number of nitrogens with one attached hydrogen (secondary N) is 2. The third-order valence-corrected chi connectivity index (χ3v) is 7.54. The largest absolute Gasteiger partial charge is 0.372 e. The van der Waals surface area contributed by atoms with E-state index in [9.17, 15) is 18.4 Å². The van der Waals surface area contributed by atoms with Crippen LogP contribution in [0.5, 0.6) is 0 Å². The number of ether oxygens (including phenoxy) is 1. The summed E-state index contributed by atoms with van der Waals surface area (Å²) in [5.41, 5.74) is 1.24. The lowest BCUT2D eigenvalue weighted by Gasteiger charge is -2.48. The van der Waals surface area contributed by atoms with Gasteiger partial charge < -0.3 is 10.1 Å². The number of aromatic amines is 1. The molecule has 0 radical (unpaired) electrons. The van der Waals surface area contributed by atoms with E-state index in [1.165, 1.54) is 17.0 Å². The van der Waals surface area contributed by atoms with Crippen LogP contribution < -0.4 is 11.0 Å². The Kier molecular flexibility index (Phi) is 8.63. The van der Waals surface area contributed by atoms with Gasteiger partial charge in [0.15, 0.2) is 0 Å². The molecular formula is C28H33F2N5O3. The molecule has 2 N–H and O–H groups in total. The number of nitrogens with zero attached hydrogens (tertiary/aromatic N) is 3. The molecule has 3 aromatic rings. The van der Waals surface area contributed by atoms with Crippen molar-refractivity contribution in [3.8, 4) is 0 Å². The second kappa shape index (κ2) is 11.9. The molecule has 0 bridgehead atoms. The molecular weight excluding hydrogens is 492 g/mol. The normalized spacial score (nSPS) is 22.8. The molecule has 8 nitrogen and oxygen atoms in total. The SMILES string of the molecule is CC/C(=N\C=O)[C@]1(n2cn[nH]c2=O)CC[C@@](CO[C@H](C)c2cc(CF)cc(CF)c2)(c2ccccc2)NC1. The summed E-state index contributed by atoms with van der Waals surface area (Å²) < 4.78 is 34.6. The van der Waals surface area contributed by atoms with Crippen LogP contribution in [0.3, 0.4) is 0 Å². The summed E-state index contributed by atoms with van der Waals surface area (Å²) >= 11 is 0. The number of benzene rings is 2. The highest BCUT2D eigenvalue weighted by molar-refractivity contribution is 5.96. The predicted octanol–water partition coefficient (Wildman–Crippen LogP) is 4.27. The van der Waals surface area contributed by atoms with Crippen molar-refractivity contribution in [1.82, 2.24) is 20.1 Å². The Balaban J connectivity index is 1.65. The van der Waals surface area contributed by atoms with Gasteiger partial charge in [0.2, 0.25) is 6.41 Å². The molecule has 1 amide bonds. The Morgan fingerprint density at radius 1 is 1.18 bits per heavy atom. The quantitative estimate of drug-likeness (QED) is 0.288. The van der Waals surface area contributed by atoms with E-state index < -0.39 is 30.5 Å². The average Bonchev–Trinajstić information content (AvgIpc) is 3.41. The van der Waals surface area contributed by atoms with Gasteiger partial charge in [0.05, 0.1) is 18.2 Å². The van der Waals surface area contributed by atoms with Gasteiger partial charge >= 0.3 is 5.69 Å². The van der Waals surface area contributed by atoms with Crippen molar-refractivity contribution in [3.05, 3.63) is 87.6 Å². The van der Waals surface area contributed by atoms with Crippen molar-refractivity contribution in [3.63, 3.8) is 0 Å². The minimum Gasteiger partial charge on any atom is -0.372 e. The minimum atomic E-state index is -0.880. The first-order valence-electron chi connectivity index (χ1n) is 12.7. The van der Waals surface area contributed by atoms with Crippen molar-refractivity contribution in [2.24, 2.45) is 4.99 Å². The van der Waals surface area contributed by atoms with E-state index in [2.05, 4.69) is 20.5 Å². The van der Waals surface area contributed by atoms with E-state index in [0.717, 1.165) is 5.56 Å². The molecule has 202 valence electrons. The molecule has 1 fully saturated rings. The van der Waals surface area contributed by atoms with Crippen molar-refractivity contribution in [1.29, 1.82) is 0 Å². The molecule has 0 unspecified atom stereocenters. The molecule has 1 saturated heterocycles. The number of amides is 1. The maximum atomic E-state index is 13.4. The van der Waals surface area contributed by atoms with Crippen LogP contribution in [0.2, 0.25) is 0 Å². The molecule has 1 aromatic heterocycles. The Labute approximate surface area is 220 Å². The summed E-state index contributed by atoms with van der Waals surface area (Å²) in [7, 11) is 0. The van der Waals surface area contributed by atoms with Gasteiger partial charge in [-0.3, -0.25) is 9.36 Å². The monoisotopic (exact) mass is 525 g/mol. The Bertz CT molecular complexity index is 1290. The van der Waals surface area contributed by atoms with Crippen LogP contribution in [0, 0.1) is 0 Å². The molecule has 2 aromatic carbocycles. The number of alkyl halides is 2. The van der Waals surface area contributed by atoms with Gasteiger partial charge in [-0.05, 0) is 48.4 Å². The maximum absolute atomic E-state index is 13.4. The molecule has 4 rings (SSSR count). The molecule has 1 aliphatic rings. The Morgan fingerprint density at radius 2 is 1.89 bits per heavy atom. The standard InChI is InChI=1S/C28H33F2N5O3/c1-3-25(31-19-36)28(35-18-33-34-26(35)37)10-9-27(32-16-28,24-7-5-4-6-8-24)17-38-20(2)23-12-21(14-29)11-22(13-23)15-30/h4-8,11-13,18-20,32H,3,9-10,14-17H2,1-2H3,(H,34,37)/b31-25+/t20-,27-,28+/m1/s1. The smallest absolute Gasteiger partial charge is 0.343 e. The molecule has 0 saturated carbocycles. The van der Waals surface area contributed by atoms with Gasteiger partial charge in [-0.15, -0.1) is 0 Å². The zero-order chi connectivity index (χ0) is 27.2. The van der Waals surface area contributed by atoms with Crippen LogP contribution in [-0.2, 0) is 34.0 Å². The van der Waals surface area contributed by atoms with Gasteiger partial charge in [0.25, 0.3) is 0 Å². The number of carbonyl (C=O) groups is 1. The van der Waals surface area contributed by atoms with Crippen LogP contribution in [-0.4, -0.2) is 40.0 Å². The van der Waals surface area contributed by atoms with Gasteiger partial charge in [-0.2, -0.15) is 5.10 Å². The molecule has 1 aliphatic heterocycles. The number of halogens is 2. The van der Waals surface area contributed by atoms with Crippen molar-refractivity contribution >= 4 is 12.1 Å². The van der Waals surface area contributed by atoms with Crippen molar-refractivity contribution < 1.29 is 18.3 Å². The van der Waals surface area contributed by atoms with Gasteiger partial charge in [0.1, 0.15) is 25.2 Å². The van der Waals surface area contributed by atoms with Crippen LogP contribution in [0.15, 0.2) is 64.6 Å². The Hall–Kier alpha value is -3.50. The van der Waals surface area contributed by atoms with E-state index in [1.807, 2.05) is 44.2 Å². The van der Waals surface area contributed by atoms with Crippen LogP contribution in [0.25, 0.3) is 0 Å². The van der Waals surface area contributed by atoms with Gasteiger partial charge in [-0.25, -0.2) is 23.7 Å². The number of aliphatic imine (C=N–C) groups is 1. The Morgan fingerprint density at radius 3 is 2.42 bits per heavy atom. The second-order valence-corrected chi connectivity index (χ2v) is 9.70. The van der Waals surface area contributed by atoms with E-state index in [0.29, 0.717) is 54.6 Å². The van der Waals surface area contributed by atoms with E-state index in [-0.39, 0.29) is 12.3 Å². The number of rotatable bonds is 11. The summed E-state index contributed by atoms with van der Waals surface area (Å²) in [5, 5.41) is 10.00. The third-order valence-electron chi connectivity index (χ3n) is 7.54. The van der Waals surface area contributed by atoms with Crippen LogP contribution >= 0.6 is 0 Å². The minimum absolute atomic E-state index is 0.269. The highest BCUT2D eigenvalue weighted by atomic mass is 19.1. The van der Waals surface area contributed by atoms with E-state index in [1.54, 1.807) is 12.1 Å². The highest BCUT2D eigenvalue weighted by Crippen LogP contribution is 2.39. The lowest BCUT2D eigenvalue weighted by molar-refractivity contribution is -0.106. The number of hydrogen-bond donors (Lipinski definition) is 2. The number of aromatic nitrogens is 3. The first-order valence-corrected chi connectivity index (χ1v) is 12.7. The average molecular weight is 526 g/mol. The van der Waals surface area contributed by atoms with Gasteiger partial charge in [0, 0.05) is 12.3 Å². The van der Waals surface area contributed by atoms with Gasteiger partial charge in [-0.1, -0.05) is 55.5 Å². The van der Waals surface area contributed by atoms with Crippen molar-refractivity contribution in [2.45, 2.75) is 63.6 Å². The van der Waals surface area contributed by atoms with Crippen LogP contribution in [0.1, 0.15) is 61.5 Å². The molecule has 2 heterocycles. The number of piperidine rings is 1. The first-order chi connectivity index (χ1) is 18.4. The first kappa shape index (κ1) is 27.5. The predicted molar refractivity (Wildman–Crippen MR) is 140 cm³/mol. The number of carbonyl (C=O) groups excluding carboxylic acids is 1. The fraction of sp³-hybridized carbons (Fsp3) is 0.429. The second-order valence-electron chi connectivity index (χ2n) is 9.70. The maximum Gasteiger partial charge on any atom is 0.343 e. The lowest BCUT2D eigenvalue weighted by Crippen LogP contribution is -2.63. The number of H-pyrrole nitrogens is 1. The third kappa shape index (κ3) is 5.37. The molecule has 0 spiro atoms. The number of hydrogen-bond acceptors (Lipinski definition) is 5. The topological polar surface area (TPSA) is 101 Å². The molecule has 10 heteroatoms. The van der Waals surface area contributed by atoms with E-state index in [4.69, 9.17) is 4.74 Å². The zero-order valence-electron chi connectivity index (χ0n) is 21.6. The summed E-state index contributed by atoms with van der Waals surface area (Å²) in [6.07, 6.45) is 3.06. The fourth-order valence-corrected chi connectivity index (χ4v) is 5.41. The molecule has 3 atom stereocenters. The summed E-state index contributed by atoms with van der Waals surface area (Å²) in [6.45, 7) is 2.98. The lowest BCUT2D eigenvalue weighted by atomic mass is 9.73. The van der Waals surface area contributed by atoms with Crippen molar-refractivity contribution in [2.75, 3.05) is 13.2 Å². The van der Waals surface area contributed by atoms with Crippen LogP contribution in [0.4, 0.5) is 8.78 Å². The summed E-state index contributed by atoms with van der Waals surface area (Å²) in [6, 6.07) is 14.8. The zero-order valence-corrected chi connectivity index (χ0v) is 21.6. The molecule has 38 heavy (non-hydrogen) atoms.